The van der Waals surface area contributed by atoms with Gasteiger partial charge in [-0.3, -0.25) is 0 Å². The van der Waals surface area contributed by atoms with Crippen molar-refractivity contribution in [1.82, 2.24) is 0 Å². The van der Waals surface area contributed by atoms with Crippen LogP contribution in [0.15, 0.2) is 42.5 Å². The van der Waals surface area contributed by atoms with Crippen molar-refractivity contribution in [2.24, 2.45) is 5.73 Å². The van der Waals surface area contributed by atoms with Crippen LogP contribution in [0.1, 0.15) is 11.1 Å². The van der Waals surface area contributed by atoms with Gasteiger partial charge in [-0.05, 0) is 24.3 Å². The fraction of sp³-hybridized carbons (Fsp3) is 0.143. The Kier molecular flexibility index (Phi) is 4.18. The number of nitrogens with two attached hydrogens (primary N) is 1. The molecule has 2 rings (SSSR count). The standard InChI is InChI=1S/C14H13ClFNO/c15-12-5-6-14(11(7-12)8-17)18-9-10-3-1-2-4-13(10)16/h1-7H,8-9,17H2. The molecule has 94 valence electrons. The summed E-state index contributed by atoms with van der Waals surface area (Å²) in [5.41, 5.74) is 6.92. The Labute approximate surface area is 110 Å². The van der Waals surface area contributed by atoms with Crippen LogP contribution in [0, 0.1) is 5.82 Å². The Bertz CT molecular complexity index is 545. The molecule has 2 aromatic rings. The van der Waals surface area contributed by atoms with Crippen LogP contribution in [0.2, 0.25) is 5.02 Å². The van der Waals surface area contributed by atoms with Gasteiger partial charge in [0.15, 0.2) is 0 Å². The van der Waals surface area contributed by atoms with Crippen molar-refractivity contribution >= 4 is 11.6 Å². The van der Waals surface area contributed by atoms with E-state index < -0.39 is 0 Å². The maximum absolute atomic E-state index is 13.4. The molecule has 0 saturated carbocycles. The molecule has 0 aromatic heterocycles. The largest absolute Gasteiger partial charge is 0.488 e. The highest BCUT2D eigenvalue weighted by Gasteiger charge is 2.05. The van der Waals surface area contributed by atoms with E-state index in [2.05, 4.69) is 0 Å². The summed E-state index contributed by atoms with van der Waals surface area (Å²) in [6.07, 6.45) is 0. The molecule has 0 atom stereocenters. The third kappa shape index (κ3) is 3.00. The van der Waals surface area contributed by atoms with Crippen LogP contribution in [0.25, 0.3) is 0 Å². The molecule has 2 N–H and O–H groups in total. The second kappa shape index (κ2) is 5.85. The van der Waals surface area contributed by atoms with E-state index in [1.54, 1.807) is 36.4 Å². The minimum atomic E-state index is -0.277. The predicted molar refractivity (Wildman–Crippen MR) is 70.1 cm³/mol. The van der Waals surface area contributed by atoms with Crippen LogP contribution >= 0.6 is 11.6 Å². The summed E-state index contributed by atoms with van der Waals surface area (Å²) in [6, 6.07) is 11.7. The molecular formula is C14H13ClFNO. The Morgan fingerprint density at radius 2 is 1.89 bits per heavy atom. The number of hydrogen-bond donors (Lipinski definition) is 1. The van der Waals surface area contributed by atoms with E-state index in [0.29, 0.717) is 22.9 Å². The summed E-state index contributed by atoms with van der Waals surface area (Å²) >= 11 is 5.87. The second-order valence-electron chi connectivity index (χ2n) is 3.84. The molecule has 0 aliphatic heterocycles. The van der Waals surface area contributed by atoms with Crippen LogP contribution in [-0.2, 0) is 13.2 Å². The van der Waals surface area contributed by atoms with Gasteiger partial charge < -0.3 is 10.5 Å². The van der Waals surface area contributed by atoms with E-state index in [9.17, 15) is 4.39 Å². The van der Waals surface area contributed by atoms with Crippen LogP contribution in [-0.4, -0.2) is 0 Å². The van der Waals surface area contributed by atoms with Gasteiger partial charge in [0.05, 0.1) is 0 Å². The maximum Gasteiger partial charge on any atom is 0.129 e. The van der Waals surface area contributed by atoms with Gasteiger partial charge in [-0.1, -0.05) is 29.8 Å². The molecule has 0 aliphatic rings. The molecule has 0 bridgehead atoms. The van der Waals surface area contributed by atoms with Crippen LogP contribution < -0.4 is 10.5 Å². The third-order valence-electron chi connectivity index (χ3n) is 2.58. The van der Waals surface area contributed by atoms with Crippen LogP contribution in [0.4, 0.5) is 4.39 Å². The minimum Gasteiger partial charge on any atom is -0.488 e. The van der Waals surface area contributed by atoms with Crippen LogP contribution in [0.3, 0.4) is 0 Å². The van der Waals surface area contributed by atoms with Gasteiger partial charge in [-0.25, -0.2) is 4.39 Å². The molecular weight excluding hydrogens is 253 g/mol. The summed E-state index contributed by atoms with van der Waals surface area (Å²) in [7, 11) is 0. The first kappa shape index (κ1) is 12.9. The zero-order valence-electron chi connectivity index (χ0n) is 9.70. The van der Waals surface area contributed by atoms with E-state index in [-0.39, 0.29) is 12.4 Å². The van der Waals surface area contributed by atoms with Crippen molar-refractivity contribution in [2.45, 2.75) is 13.2 Å². The Balaban J connectivity index is 2.13. The Hall–Kier alpha value is -1.58. The lowest BCUT2D eigenvalue weighted by atomic mass is 10.2. The summed E-state index contributed by atoms with van der Waals surface area (Å²) < 4.78 is 19.0. The van der Waals surface area contributed by atoms with Crippen molar-refractivity contribution < 1.29 is 9.13 Å². The summed E-state index contributed by atoms with van der Waals surface area (Å²) in [6.45, 7) is 0.495. The SMILES string of the molecule is NCc1cc(Cl)ccc1OCc1ccccc1F. The first-order valence-electron chi connectivity index (χ1n) is 5.55. The molecule has 4 heteroatoms. The highest BCUT2D eigenvalue weighted by Crippen LogP contribution is 2.23. The van der Waals surface area contributed by atoms with Crippen molar-refractivity contribution in [3.05, 3.63) is 64.4 Å². The average molecular weight is 266 g/mol. The number of ether oxygens (including phenoxy) is 1. The quantitative estimate of drug-likeness (QED) is 0.918. The second-order valence-corrected chi connectivity index (χ2v) is 4.27. The average Bonchev–Trinajstić information content (AvgIpc) is 2.39. The highest BCUT2D eigenvalue weighted by molar-refractivity contribution is 6.30. The predicted octanol–water partition coefficient (Wildman–Crippen LogP) is 3.52. The monoisotopic (exact) mass is 265 g/mol. The van der Waals surface area contributed by atoms with E-state index in [1.807, 2.05) is 0 Å². The number of halogens is 2. The lowest BCUT2D eigenvalue weighted by molar-refractivity contribution is 0.297. The van der Waals surface area contributed by atoms with Gasteiger partial charge in [0.25, 0.3) is 0 Å². The molecule has 0 unspecified atom stereocenters. The topological polar surface area (TPSA) is 35.2 Å². The number of rotatable bonds is 4. The van der Waals surface area contributed by atoms with Crippen molar-refractivity contribution in [1.29, 1.82) is 0 Å². The molecule has 0 fully saturated rings. The third-order valence-corrected chi connectivity index (χ3v) is 2.82. The van der Waals surface area contributed by atoms with Gasteiger partial charge >= 0.3 is 0 Å². The molecule has 0 heterocycles. The van der Waals surface area contributed by atoms with Crippen molar-refractivity contribution in [2.75, 3.05) is 0 Å². The summed E-state index contributed by atoms with van der Waals surface area (Å²) in [4.78, 5) is 0. The van der Waals surface area contributed by atoms with E-state index >= 15 is 0 Å². The normalized spacial score (nSPS) is 10.4. The maximum atomic E-state index is 13.4. The highest BCUT2D eigenvalue weighted by atomic mass is 35.5. The fourth-order valence-electron chi connectivity index (χ4n) is 1.62. The molecule has 0 amide bonds. The molecule has 2 nitrogen and oxygen atoms in total. The van der Waals surface area contributed by atoms with Crippen molar-refractivity contribution in [3.63, 3.8) is 0 Å². The van der Waals surface area contributed by atoms with E-state index in [4.69, 9.17) is 22.1 Å². The Morgan fingerprint density at radius 3 is 2.61 bits per heavy atom. The number of benzene rings is 2. The molecule has 18 heavy (non-hydrogen) atoms. The Morgan fingerprint density at radius 1 is 1.11 bits per heavy atom. The molecule has 0 spiro atoms. The van der Waals surface area contributed by atoms with Gasteiger partial charge in [-0.2, -0.15) is 0 Å². The first-order valence-corrected chi connectivity index (χ1v) is 5.93. The summed E-state index contributed by atoms with van der Waals surface area (Å²) in [5.74, 6) is 0.353. The van der Waals surface area contributed by atoms with Gasteiger partial charge in [0.1, 0.15) is 18.2 Å². The zero-order chi connectivity index (χ0) is 13.0. The van der Waals surface area contributed by atoms with E-state index in [0.717, 1.165) is 5.56 Å². The van der Waals surface area contributed by atoms with Crippen LogP contribution in [0.5, 0.6) is 5.75 Å². The lowest BCUT2D eigenvalue weighted by Gasteiger charge is -2.11. The van der Waals surface area contributed by atoms with Crippen molar-refractivity contribution in [3.8, 4) is 5.75 Å². The minimum absolute atomic E-state index is 0.168. The molecule has 2 aromatic carbocycles. The molecule has 0 saturated heterocycles. The fourth-order valence-corrected chi connectivity index (χ4v) is 1.81. The number of hydrogen-bond acceptors (Lipinski definition) is 2. The molecule has 0 aliphatic carbocycles. The zero-order valence-corrected chi connectivity index (χ0v) is 10.5. The molecule has 0 radical (unpaired) electrons. The van der Waals surface area contributed by atoms with Gasteiger partial charge in [-0.15, -0.1) is 0 Å². The van der Waals surface area contributed by atoms with Gasteiger partial charge in [0.2, 0.25) is 0 Å². The van der Waals surface area contributed by atoms with Gasteiger partial charge in [0, 0.05) is 22.7 Å². The smallest absolute Gasteiger partial charge is 0.129 e. The van der Waals surface area contributed by atoms with E-state index in [1.165, 1.54) is 6.07 Å². The summed E-state index contributed by atoms with van der Waals surface area (Å²) in [5, 5.41) is 0.605. The lowest BCUT2D eigenvalue weighted by Crippen LogP contribution is -2.03. The first-order chi connectivity index (χ1) is 8.70.